The van der Waals surface area contributed by atoms with Crippen molar-refractivity contribution < 1.29 is 19.1 Å². The summed E-state index contributed by atoms with van der Waals surface area (Å²) in [6, 6.07) is 14.0. The number of hydrogen-bond acceptors (Lipinski definition) is 4. The Labute approximate surface area is 144 Å². The summed E-state index contributed by atoms with van der Waals surface area (Å²) in [5, 5.41) is 2.66. The Morgan fingerprint density at radius 2 is 1.79 bits per heavy atom. The Morgan fingerprint density at radius 1 is 1.08 bits per heavy atom. The first kappa shape index (κ1) is 16.6. The Hall–Kier alpha value is -2.21. The molecule has 1 heterocycles. The van der Waals surface area contributed by atoms with Gasteiger partial charge in [-0.2, -0.15) is 0 Å². The van der Waals surface area contributed by atoms with Crippen molar-refractivity contribution in [1.29, 1.82) is 0 Å². The van der Waals surface area contributed by atoms with E-state index >= 15 is 0 Å². The van der Waals surface area contributed by atoms with Crippen molar-refractivity contribution in [2.75, 3.05) is 24.4 Å². The molecule has 1 aliphatic rings. The van der Waals surface area contributed by atoms with Gasteiger partial charge in [-0.05, 0) is 12.1 Å². The van der Waals surface area contributed by atoms with Crippen LogP contribution in [0.4, 0.5) is 5.69 Å². The molecule has 2 aromatic carbocycles. The first-order valence-electron chi connectivity index (χ1n) is 7.52. The molecule has 1 N–H and O–H groups in total. The van der Waals surface area contributed by atoms with Crippen molar-refractivity contribution in [3.05, 3.63) is 65.2 Å². The molecule has 124 valence electrons. The van der Waals surface area contributed by atoms with Crippen molar-refractivity contribution >= 4 is 29.0 Å². The van der Waals surface area contributed by atoms with Gasteiger partial charge in [0.25, 0.3) is 0 Å². The minimum absolute atomic E-state index is 0.185. The predicted octanol–water partition coefficient (Wildman–Crippen LogP) is 3.14. The van der Waals surface area contributed by atoms with Crippen LogP contribution in [0.15, 0.2) is 48.5 Å². The highest BCUT2D eigenvalue weighted by Gasteiger charge is 2.22. The molecule has 3 rings (SSSR count). The third kappa shape index (κ3) is 3.64. The lowest BCUT2D eigenvalue weighted by Gasteiger charge is -2.15. The van der Waals surface area contributed by atoms with Crippen LogP contribution in [0.2, 0.25) is 0 Å². The summed E-state index contributed by atoms with van der Waals surface area (Å²) in [4.78, 5) is 24.5. The second kappa shape index (κ2) is 7.57. The standard InChI is InChI=1S/C18H16ClNO4/c19-11-16(21)20-15-7-6-13(18-23-8-9-24-18)10-14(15)17(22)12-4-2-1-3-5-12/h1-7,10,18H,8-9,11H2,(H,20,21). The van der Waals surface area contributed by atoms with E-state index in [-0.39, 0.29) is 17.6 Å². The zero-order chi connectivity index (χ0) is 16.9. The number of alkyl halides is 1. The zero-order valence-corrected chi connectivity index (χ0v) is 13.6. The van der Waals surface area contributed by atoms with Crippen LogP contribution in [0.3, 0.4) is 0 Å². The van der Waals surface area contributed by atoms with Crippen molar-refractivity contribution in [1.82, 2.24) is 0 Å². The smallest absolute Gasteiger partial charge is 0.239 e. The van der Waals surface area contributed by atoms with Crippen LogP contribution in [-0.4, -0.2) is 30.8 Å². The number of nitrogens with one attached hydrogen (secondary N) is 1. The average molecular weight is 346 g/mol. The maximum absolute atomic E-state index is 12.8. The van der Waals surface area contributed by atoms with Crippen LogP contribution in [0.25, 0.3) is 0 Å². The maximum Gasteiger partial charge on any atom is 0.239 e. The van der Waals surface area contributed by atoms with Gasteiger partial charge in [-0.3, -0.25) is 9.59 Å². The fourth-order valence-corrected chi connectivity index (χ4v) is 2.55. The molecule has 24 heavy (non-hydrogen) atoms. The molecule has 5 nitrogen and oxygen atoms in total. The van der Waals surface area contributed by atoms with E-state index in [1.54, 1.807) is 42.5 Å². The van der Waals surface area contributed by atoms with E-state index in [4.69, 9.17) is 21.1 Å². The number of benzene rings is 2. The molecule has 1 saturated heterocycles. The Kier molecular flexibility index (Phi) is 5.25. The molecule has 0 radical (unpaired) electrons. The number of amides is 1. The lowest BCUT2D eigenvalue weighted by molar-refractivity contribution is -0.113. The third-order valence-corrected chi connectivity index (χ3v) is 3.86. The number of carbonyl (C=O) groups excluding carboxylic acids is 2. The van der Waals surface area contributed by atoms with Crippen molar-refractivity contribution in [3.63, 3.8) is 0 Å². The van der Waals surface area contributed by atoms with Gasteiger partial charge in [0, 0.05) is 16.7 Å². The number of hydrogen-bond donors (Lipinski definition) is 1. The Balaban J connectivity index is 1.99. The fourth-order valence-electron chi connectivity index (χ4n) is 2.48. The van der Waals surface area contributed by atoms with E-state index in [9.17, 15) is 9.59 Å². The van der Waals surface area contributed by atoms with Crippen molar-refractivity contribution in [3.8, 4) is 0 Å². The molecular formula is C18H16ClNO4. The number of halogens is 1. The van der Waals surface area contributed by atoms with Crippen LogP contribution < -0.4 is 5.32 Å². The number of carbonyl (C=O) groups is 2. The van der Waals surface area contributed by atoms with Crippen LogP contribution in [0.1, 0.15) is 27.8 Å². The molecule has 0 saturated carbocycles. The van der Waals surface area contributed by atoms with Gasteiger partial charge < -0.3 is 14.8 Å². The first-order chi connectivity index (χ1) is 11.7. The third-order valence-electron chi connectivity index (χ3n) is 3.61. The molecule has 0 atom stereocenters. The topological polar surface area (TPSA) is 64.6 Å². The highest BCUT2D eigenvalue weighted by molar-refractivity contribution is 6.29. The average Bonchev–Trinajstić information content (AvgIpc) is 3.16. The van der Waals surface area contributed by atoms with E-state index in [1.165, 1.54) is 0 Å². The molecule has 2 aromatic rings. The van der Waals surface area contributed by atoms with Crippen LogP contribution >= 0.6 is 11.6 Å². The largest absolute Gasteiger partial charge is 0.346 e. The molecule has 0 spiro atoms. The van der Waals surface area contributed by atoms with Gasteiger partial charge in [-0.25, -0.2) is 0 Å². The molecule has 0 bridgehead atoms. The lowest BCUT2D eigenvalue weighted by Crippen LogP contribution is -2.16. The van der Waals surface area contributed by atoms with Crippen molar-refractivity contribution in [2.24, 2.45) is 0 Å². The first-order valence-corrected chi connectivity index (χ1v) is 8.05. The quantitative estimate of drug-likeness (QED) is 0.668. The second-order valence-corrected chi connectivity index (χ2v) is 5.52. The monoisotopic (exact) mass is 345 g/mol. The molecule has 1 amide bonds. The summed E-state index contributed by atoms with van der Waals surface area (Å²) < 4.78 is 11.0. The molecule has 6 heteroatoms. The van der Waals surface area contributed by atoms with Crippen molar-refractivity contribution in [2.45, 2.75) is 6.29 Å². The summed E-state index contributed by atoms with van der Waals surface area (Å²) in [6.45, 7) is 1.02. The highest BCUT2D eigenvalue weighted by Crippen LogP contribution is 2.28. The highest BCUT2D eigenvalue weighted by atomic mass is 35.5. The fraction of sp³-hybridized carbons (Fsp3) is 0.222. The lowest BCUT2D eigenvalue weighted by atomic mass is 9.99. The summed E-state index contributed by atoms with van der Waals surface area (Å²) in [5.41, 5.74) is 2.05. The number of ketones is 1. The molecular weight excluding hydrogens is 330 g/mol. The number of ether oxygens (including phenoxy) is 2. The van der Waals surface area contributed by atoms with Crippen LogP contribution in [-0.2, 0) is 14.3 Å². The van der Waals surface area contributed by atoms with Gasteiger partial charge >= 0.3 is 0 Å². The summed E-state index contributed by atoms with van der Waals surface area (Å²) in [5.74, 6) is -0.754. The van der Waals surface area contributed by atoms with Gasteiger partial charge in [0.15, 0.2) is 12.1 Å². The predicted molar refractivity (Wildman–Crippen MR) is 90.3 cm³/mol. The maximum atomic E-state index is 12.8. The second-order valence-electron chi connectivity index (χ2n) is 5.26. The van der Waals surface area contributed by atoms with Gasteiger partial charge in [-0.1, -0.05) is 36.4 Å². The van der Waals surface area contributed by atoms with Gasteiger partial charge in [0.1, 0.15) is 5.88 Å². The number of anilines is 1. The Bertz CT molecular complexity index is 742. The van der Waals surface area contributed by atoms with Gasteiger partial charge in [0.05, 0.1) is 18.9 Å². The minimum Gasteiger partial charge on any atom is -0.346 e. The van der Waals surface area contributed by atoms with Gasteiger partial charge in [0.2, 0.25) is 5.91 Å². The zero-order valence-electron chi connectivity index (χ0n) is 12.8. The van der Waals surface area contributed by atoms with Crippen LogP contribution in [0.5, 0.6) is 0 Å². The molecule has 1 fully saturated rings. The molecule has 0 unspecified atom stereocenters. The number of rotatable bonds is 5. The molecule has 0 aromatic heterocycles. The summed E-state index contributed by atoms with van der Waals surface area (Å²) in [6.07, 6.45) is -0.495. The summed E-state index contributed by atoms with van der Waals surface area (Å²) >= 11 is 5.55. The SMILES string of the molecule is O=C(CCl)Nc1ccc(C2OCCO2)cc1C(=O)c1ccccc1. The Morgan fingerprint density at radius 3 is 2.46 bits per heavy atom. The molecule has 0 aliphatic carbocycles. The van der Waals surface area contributed by atoms with E-state index < -0.39 is 6.29 Å². The summed E-state index contributed by atoms with van der Waals surface area (Å²) in [7, 11) is 0. The molecule has 1 aliphatic heterocycles. The van der Waals surface area contributed by atoms with E-state index in [1.807, 2.05) is 6.07 Å². The van der Waals surface area contributed by atoms with E-state index in [2.05, 4.69) is 5.32 Å². The van der Waals surface area contributed by atoms with Gasteiger partial charge in [-0.15, -0.1) is 11.6 Å². The normalized spacial score (nSPS) is 14.5. The van der Waals surface area contributed by atoms with Crippen LogP contribution in [0, 0.1) is 0 Å². The van der Waals surface area contributed by atoms with E-state index in [0.29, 0.717) is 30.0 Å². The van der Waals surface area contributed by atoms with E-state index in [0.717, 1.165) is 5.56 Å². The minimum atomic E-state index is -0.495.